The van der Waals surface area contributed by atoms with E-state index in [1.54, 1.807) is 40.0 Å². The van der Waals surface area contributed by atoms with Crippen molar-refractivity contribution < 1.29 is 13.2 Å². The van der Waals surface area contributed by atoms with Crippen molar-refractivity contribution in [3.8, 4) is 0 Å². The van der Waals surface area contributed by atoms with Crippen LogP contribution in [0.5, 0.6) is 0 Å². The maximum absolute atomic E-state index is 12.2. The van der Waals surface area contributed by atoms with E-state index in [0.29, 0.717) is 18.7 Å². The van der Waals surface area contributed by atoms with Crippen molar-refractivity contribution in [2.45, 2.75) is 37.6 Å². The summed E-state index contributed by atoms with van der Waals surface area (Å²) in [6.07, 6.45) is 0.327. The van der Waals surface area contributed by atoms with Gasteiger partial charge in [-0.1, -0.05) is 6.07 Å². The molecule has 0 radical (unpaired) electrons. The first-order valence-electron chi connectivity index (χ1n) is 6.72. The molecule has 0 bridgehead atoms. The first-order valence-corrected chi connectivity index (χ1v) is 8.21. The number of benzene rings is 1. The van der Waals surface area contributed by atoms with Crippen LogP contribution < -0.4 is 15.4 Å². The van der Waals surface area contributed by atoms with E-state index in [1.807, 2.05) is 0 Å². The zero-order chi connectivity index (χ0) is 16.1. The van der Waals surface area contributed by atoms with Gasteiger partial charge in [-0.2, -0.15) is 0 Å². The lowest BCUT2D eigenvalue weighted by Gasteiger charge is -2.20. The minimum absolute atomic E-state index is 0.129. The number of amides is 1. The first kappa shape index (κ1) is 17.6. The van der Waals surface area contributed by atoms with Gasteiger partial charge in [0.2, 0.25) is 15.9 Å². The molecule has 0 aliphatic heterocycles. The molecule has 0 aliphatic rings. The van der Waals surface area contributed by atoms with Crippen molar-refractivity contribution >= 4 is 21.6 Å². The lowest BCUT2D eigenvalue weighted by Crippen LogP contribution is -2.40. The number of rotatable bonds is 6. The van der Waals surface area contributed by atoms with E-state index in [1.165, 1.54) is 12.1 Å². The van der Waals surface area contributed by atoms with E-state index >= 15 is 0 Å². The molecule has 0 saturated heterocycles. The van der Waals surface area contributed by atoms with Crippen LogP contribution in [0.25, 0.3) is 0 Å². The predicted octanol–water partition coefficient (Wildman–Crippen LogP) is 1.31. The fourth-order valence-electron chi connectivity index (χ4n) is 1.67. The Labute approximate surface area is 126 Å². The number of hydrogen-bond donors (Lipinski definition) is 3. The van der Waals surface area contributed by atoms with Crippen LogP contribution in [-0.4, -0.2) is 33.5 Å². The Bertz CT molecular complexity index is 592. The van der Waals surface area contributed by atoms with Crippen LogP contribution in [-0.2, 0) is 14.8 Å². The molecule has 118 valence electrons. The van der Waals surface area contributed by atoms with E-state index in [2.05, 4.69) is 15.4 Å². The molecule has 0 fully saturated rings. The standard InChI is InChI=1S/C14H23N3O3S/c1-14(2,3)17-21(19,20)12-7-5-6-11(10-12)16-13(18)8-9-15-4/h5-7,10,15,17H,8-9H2,1-4H3,(H,16,18). The summed E-state index contributed by atoms with van der Waals surface area (Å²) in [4.78, 5) is 11.8. The van der Waals surface area contributed by atoms with Crippen molar-refractivity contribution in [1.82, 2.24) is 10.0 Å². The maximum atomic E-state index is 12.2. The van der Waals surface area contributed by atoms with Crippen LogP contribution in [0.3, 0.4) is 0 Å². The van der Waals surface area contributed by atoms with Gasteiger partial charge in [0.1, 0.15) is 0 Å². The normalized spacial score (nSPS) is 12.2. The topological polar surface area (TPSA) is 87.3 Å². The van der Waals surface area contributed by atoms with Crippen molar-refractivity contribution in [3.05, 3.63) is 24.3 Å². The van der Waals surface area contributed by atoms with Gasteiger partial charge in [0, 0.05) is 24.2 Å². The Kier molecular flexibility index (Phi) is 5.88. The summed E-state index contributed by atoms with van der Waals surface area (Å²) >= 11 is 0. The average Bonchev–Trinajstić information content (AvgIpc) is 2.34. The molecule has 0 atom stereocenters. The molecule has 0 aliphatic carbocycles. The van der Waals surface area contributed by atoms with Crippen molar-refractivity contribution in [2.24, 2.45) is 0 Å². The molecule has 21 heavy (non-hydrogen) atoms. The van der Waals surface area contributed by atoms with Crippen LogP contribution >= 0.6 is 0 Å². The van der Waals surface area contributed by atoms with Crippen molar-refractivity contribution in [3.63, 3.8) is 0 Å². The molecule has 0 aromatic heterocycles. The highest BCUT2D eigenvalue weighted by molar-refractivity contribution is 7.89. The van der Waals surface area contributed by atoms with Gasteiger partial charge in [-0.3, -0.25) is 4.79 Å². The van der Waals surface area contributed by atoms with E-state index in [-0.39, 0.29) is 10.8 Å². The third kappa shape index (κ3) is 6.24. The smallest absolute Gasteiger partial charge is 0.241 e. The van der Waals surface area contributed by atoms with E-state index in [4.69, 9.17) is 0 Å². The van der Waals surface area contributed by atoms with Gasteiger partial charge in [-0.25, -0.2) is 13.1 Å². The number of carbonyl (C=O) groups excluding carboxylic acids is 1. The molecule has 1 aromatic rings. The Morgan fingerprint density at radius 2 is 1.90 bits per heavy atom. The summed E-state index contributed by atoms with van der Waals surface area (Å²) < 4.78 is 27.0. The quantitative estimate of drug-likeness (QED) is 0.739. The van der Waals surface area contributed by atoms with Gasteiger partial charge in [-0.15, -0.1) is 0 Å². The Morgan fingerprint density at radius 3 is 2.48 bits per heavy atom. The van der Waals surface area contributed by atoms with E-state index in [9.17, 15) is 13.2 Å². The highest BCUT2D eigenvalue weighted by Crippen LogP contribution is 2.17. The summed E-state index contributed by atoms with van der Waals surface area (Å²) in [5.74, 6) is -0.164. The number of hydrogen-bond acceptors (Lipinski definition) is 4. The summed E-state index contributed by atoms with van der Waals surface area (Å²) in [6, 6.07) is 6.21. The van der Waals surface area contributed by atoms with Gasteiger partial charge in [-0.05, 0) is 46.0 Å². The minimum Gasteiger partial charge on any atom is -0.326 e. The fourth-order valence-corrected chi connectivity index (χ4v) is 3.13. The van der Waals surface area contributed by atoms with Gasteiger partial charge >= 0.3 is 0 Å². The second-order valence-electron chi connectivity index (χ2n) is 5.79. The molecular formula is C14H23N3O3S. The zero-order valence-electron chi connectivity index (χ0n) is 12.9. The minimum atomic E-state index is -3.61. The SMILES string of the molecule is CNCCC(=O)Nc1cccc(S(=O)(=O)NC(C)(C)C)c1. The Hall–Kier alpha value is -1.44. The molecule has 1 rings (SSSR count). The molecule has 6 nitrogen and oxygen atoms in total. The van der Waals surface area contributed by atoms with Crippen molar-refractivity contribution in [2.75, 3.05) is 18.9 Å². The van der Waals surface area contributed by atoms with E-state index < -0.39 is 15.6 Å². The second-order valence-corrected chi connectivity index (χ2v) is 7.47. The third-order valence-corrected chi connectivity index (χ3v) is 4.23. The lowest BCUT2D eigenvalue weighted by atomic mass is 10.1. The highest BCUT2D eigenvalue weighted by Gasteiger charge is 2.22. The van der Waals surface area contributed by atoms with Crippen LogP contribution in [0.2, 0.25) is 0 Å². The number of nitrogens with one attached hydrogen (secondary N) is 3. The average molecular weight is 313 g/mol. The maximum Gasteiger partial charge on any atom is 0.241 e. The van der Waals surface area contributed by atoms with Crippen molar-refractivity contribution in [1.29, 1.82) is 0 Å². The molecule has 1 aromatic carbocycles. The van der Waals surface area contributed by atoms with Crippen LogP contribution in [0.4, 0.5) is 5.69 Å². The van der Waals surface area contributed by atoms with Crippen LogP contribution in [0.15, 0.2) is 29.2 Å². The largest absolute Gasteiger partial charge is 0.326 e. The molecule has 7 heteroatoms. The van der Waals surface area contributed by atoms with E-state index in [0.717, 1.165) is 0 Å². The number of sulfonamides is 1. The highest BCUT2D eigenvalue weighted by atomic mass is 32.2. The number of anilines is 1. The molecule has 0 unspecified atom stereocenters. The summed E-state index contributed by atoms with van der Waals surface area (Å²) in [7, 11) is -1.84. The number of carbonyl (C=O) groups is 1. The van der Waals surface area contributed by atoms with Crippen LogP contribution in [0.1, 0.15) is 27.2 Å². The summed E-state index contributed by atoms with van der Waals surface area (Å²) in [5.41, 5.74) is -0.0990. The van der Waals surface area contributed by atoms with Gasteiger partial charge in [0.15, 0.2) is 0 Å². The summed E-state index contributed by atoms with van der Waals surface area (Å²) in [5, 5.41) is 5.56. The predicted molar refractivity (Wildman–Crippen MR) is 83.7 cm³/mol. The fraction of sp³-hybridized carbons (Fsp3) is 0.500. The molecule has 3 N–H and O–H groups in total. The molecule has 0 heterocycles. The monoisotopic (exact) mass is 313 g/mol. The van der Waals surface area contributed by atoms with Gasteiger partial charge in [0.25, 0.3) is 0 Å². The molecule has 0 spiro atoms. The summed E-state index contributed by atoms with van der Waals surface area (Å²) in [6.45, 7) is 5.88. The lowest BCUT2D eigenvalue weighted by molar-refractivity contribution is -0.116. The molecule has 0 saturated carbocycles. The second kappa shape index (κ2) is 7.02. The first-order chi connectivity index (χ1) is 9.64. The Balaban J connectivity index is 2.88. The Morgan fingerprint density at radius 1 is 1.24 bits per heavy atom. The van der Waals surface area contributed by atoms with Crippen LogP contribution in [0, 0.1) is 0 Å². The zero-order valence-corrected chi connectivity index (χ0v) is 13.7. The molecule has 1 amide bonds. The third-order valence-electron chi connectivity index (χ3n) is 2.47. The van der Waals surface area contributed by atoms with Gasteiger partial charge < -0.3 is 10.6 Å². The molecular weight excluding hydrogens is 290 g/mol. The van der Waals surface area contributed by atoms with Gasteiger partial charge in [0.05, 0.1) is 4.90 Å².